The molecule has 0 spiro atoms. The Kier molecular flexibility index (Phi) is 4.15. The number of hydrogen-bond acceptors (Lipinski definition) is 3. The van der Waals surface area contributed by atoms with Gasteiger partial charge in [0.1, 0.15) is 11.3 Å². The Morgan fingerprint density at radius 2 is 2.00 bits per heavy atom. The molecule has 4 nitrogen and oxygen atoms in total. The van der Waals surface area contributed by atoms with Gasteiger partial charge in [0.2, 0.25) is 0 Å². The summed E-state index contributed by atoms with van der Waals surface area (Å²) in [4.78, 5) is 9.33. The number of nitrogens with zero attached hydrogens (tertiary/aromatic N) is 3. The Labute approximate surface area is 125 Å². The van der Waals surface area contributed by atoms with E-state index < -0.39 is 0 Å². The van der Waals surface area contributed by atoms with Gasteiger partial charge in [-0.05, 0) is 31.9 Å². The lowest BCUT2D eigenvalue weighted by Gasteiger charge is -2.09. The number of imidazole rings is 1. The maximum Gasteiger partial charge on any atom is 0.109 e. The molecule has 110 valence electrons. The normalized spacial score (nSPS) is 11.5. The number of nitrogens with two attached hydrogens (primary N) is 1. The second kappa shape index (κ2) is 6.22. The highest BCUT2D eigenvalue weighted by atomic mass is 15.1. The largest absolute Gasteiger partial charge is 0.330 e. The van der Waals surface area contributed by atoms with Crippen LogP contribution in [-0.2, 0) is 13.0 Å². The molecule has 0 atom stereocenters. The van der Waals surface area contributed by atoms with Crippen molar-refractivity contribution in [2.45, 2.75) is 39.2 Å². The second-order valence-corrected chi connectivity index (χ2v) is 5.43. The van der Waals surface area contributed by atoms with E-state index in [4.69, 9.17) is 10.7 Å². The Balaban J connectivity index is 2.17. The minimum Gasteiger partial charge on any atom is -0.330 e. The number of aryl methyl sites for hydroxylation is 2. The van der Waals surface area contributed by atoms with Crippen molar-refractivity contribution in [3.05, 3.63) is 36.3 Å². The van der Waals surface area contributed by atoms with Crippen molar-refractivity contribution < 1.29 is 0 Å². The first-order valence-corrected chi connectivity index (χ1v) is 7.78. The fourth-order valence-corrected chi connectivity index (χ4v) is 2.88. The maximum atomic E-state index is 5.63. The Bertz CT molecular complexity index is 745. The van der Waals surface area contributed by atoms with Gasteiger partial charge in [-0.1, -0.05) is 25.1 Å². The van der Waals surface area contributed by atoms with Crippen molar-refractivity contribution in [3.63, 3.8) is 0 Å². The topological polar surface area (TPSA) is 56.7 Å². The maximum absolute atomic E-state index is 5.63. The summed E-state index contributed by atoms with van der Waals surface area (Å²) in [5, 5.41) is 1.19. The molecular weight excluding hydrogens is 260 g/mol. The average molecular weight is 282 g/mol. The quantitative estimate of drug-likeness (QED) is 0.706. The van der Waals surface area contributed by atoms with E-state index >= 15 is 0 Å². The average Bonchev–Trinajstić information content (AvgIpc) is 2.86. The Hall–Kier alpha value is -1.94. The van der Waals surface area contributed by atoms with Gasteiger partial charge in [-0.15, -0.1) is 0 Å². The highest BCUT2D eigenvalue weighted by molar-refractivity contribution is 6.02. The third kappa shape index (κ3) is 2.63. The fourth-order valence-electron chi connectivity index (χ4n) is 2.88. The van der Waals surface area contributed by atoms with Crippen LogP contribution in [0.3, 0.4) is 0 Å². The van der Waals surface area contributed by atoms with Gasteiger partial charge in [-0.25, -0.2) is 4.98 Å². The van der Waals surface area contributed by atoms with Gasteiger partial charge in [-0.3, -0.25) is 4.98 Å². The van der Waals surface area contributed by atoms with Crippen LogP contribution in [-0.4, -0.2) is 21.1 Å². The van der Waals surface area contributed by atoms with Crippen LogP contribution >= 0.6 is 0 Å². The van der Waals surface area contributed by atoms with E-state index in [9.17, 15) is 0 Å². The van der Waals surface area contributed by atoms with Crippen LogP contribution in [0.15, 0.2) is 30.5 Å². The van der Waals surface area contributed by atoms with Crippen molar-refractivity contribution in [2.24, 2.45) is 5.73 Å². The van der Waals surface area contributed by atoms with Crippen LogP contribution in [0.5, 0.6) is 0 Å². The zero-order valence-electron chi connectivity index (χ0n) is 12.5. The van der Waals surface area contributed by atoms with Crippen LogP contribution in [0.4, 0.5) is 0 Å². The molecule has 0 bridgehead atoms. The summed E-state index contributed by atoms with van der Waals surface area (Å²) in [5.74, 6) is 1.17. The predicted molar refractivity (Wildman–Crippen MR) is 87.3 cm³/mol. The molecular formula is C17H22N4. The van der Waals surface area contributed by atoms with E-state index in [2.05, 4.69) is 34.7 Å². The molecule has 2 aromatic heterocycles. The fraction of sp³-hybridized carbons (Fsp3) is 0.412. The number of rotatable bonds is 6. The molecule has 0 saturated heterocycles. The monoisotopic (exact) mass is 282 g/mol. The zero-order valence-corrected chi connectivity index (χ0v) is 12.5. The van der Waals surface area contributed by atoms with Crippen molar-refractivity contribution in [2.75, 3.05) is 6.54 Å². The molecule has 0 radical (unpaired) electrons. The molecule has 0 aliphatic heterocycles. The summed E-state index contributed by atoms with van der Waals surface area (Å²) in [6.45, 7) is 3.93. The second-order valence-electron chi connectivity index (χ2n) is 5.43. The standard InChI is InChI=1S/C17H22N4/c1-2-7-16-20-15-12-19-14-9-4-3-8-13(14)17(15)21(16)11-6-5-10-18/h3-4,8-9,12H,2,5-7,10-11,18H2,1H3. The molecule has 2 N–H and O–H groups in total. The van der Waals surface area contributed by atoms with E-state index in [1.807, 2.05) is 12.3 Å². The lowest BCUT2D eigenvalue weighted by atomic mass is 10.2. The molecule has 0 amide bonds. The van der Waals surface area contributed by atoms with Crippen molar-refractivity contribution in [3.8, 4) is 0 Å². The third-order valence-corrected chi connectivity index (χ3v) is 3.87. The zero-order chi connectivity index (χ0) is 14.7. The molecule has 0 aliphatic carbocycles. The predicted octanol–water partition coefficient (Wildman–Crippen LogP) is 3.28. The highest BCUT2D eigenvalue weighted by Crippen LogP contribution is 2.25. The summed E-state index contributed by atoms with van der Waals surface area (Å²) < 4.78 is 2.37. The van der Waals surface area contributed by atoms with E-state index in [1.54, 1.807) is 0 Å². The minimum atomic E-state index is 0.748. The first kappa shape index (κ1) is 14.0. The molecule has 0 unspecified atom stereocenters. The van der Waals surface area contributed by atoms with Gasteiger partial charge >= 0.3 is 0 Å². The van der Waals surface area contributed by atoms with E-state index in [1.165, 1.54) is 16.7 Å². The van der Waals surface area contributed by atoms with Crippen molar-refractivity contribution in [1.82, 2.24) is 14.5 Å². The van der Waals surface area contributed by atoms with Gasteiger partial charge in [0, 0.05) is 18.4 Å². The molecule has 4 heteroatoms. The molecule has 0 saturated carbocycles. The molecule has 0 fully saturated rings. The number of pyridine rings is 1. The summed E-state index contributed by atoms with van der Waals surface area (Å²) >= 11 is 0. The Morgan fingerprint density at radius 3 is 2.81 bits per heavy atom. The van der Waals surface area contributed by atoms with Gasteiger partial charge in [0.05, 0.1) is 17.2 Å². The van der Waals surface area contributed by atoms with Crippen LogP contribution in [0.2, 0.25) is 0 Å². The Morgan fingerprint density at radius 1 is 1.14 bits per heavy atom. The molecule has 1 aromatic carbocycles. The lowest BCUT2D eigenvalue weighted by molar-refractivity contribution is 0.599. The first-order chi connectivity index (χ1) is 10.3. The SMILES string of the molecule is CCCc1nc2cnc3ccccc3c2n1CCCCN. The summed E-state index contributed by atoms with van der Waals surface area (Å²) in [6, 6.07) is 8.30. The van der Waals surface area contributed by atoms with Crippen molar-refractivity contribution in [1.29, 1.82) is 0 Å². The number of aromatic nitrogens is 3. The van der Waals surface area contributed by atoms with Gasteiger partial charge in [0.15, 0.2) is 0 Å². The van der Waals surface area contributed by atoms with E-state index in [0.717, 1.165) is 49.8 Å². The third-order valence-electron chi connectivity index (χ3n) is 3.87. The lowest BCUT2D eigenvalue weighted by Crippen LogP contribution is -2.07. The van der Waals surface area contributed by atoms with Crippen LogP contribution in [0.25, 0.3) is 21.9 Å². The number of benzene rings is 1. The highest BCUT2D eigenvalue weighted by Gasteiger charge is 2.13. The number of unbranched alkanes of at least 4 members (excludes halogenated alkanes) is 1. The van der Waals surface area contributed by atoms with E-state index in [-0.39, 0.29) is 0 Å². The van der Waals surface area contributed by atoms with Gasteiger partial charge < -0.3 is 10.3 Å². The molecule has 21 heavy (non-hydrogen) atoms. The molecule has 3 aromatic rings. The summed E-state index contributed by atoms with van der Waals surface area (Å²) in [5.41, 5.74) is 8.90. The molecule has 2 heterocycles. The van der Waals surface area contributed by atoms with Crippen molar-refractivity contribution >= 4 is 21.9 Å². The smallest absolute Gasteiger partial charge is 0.109 e. The summed E-state index contributed by atoms with van der Waals surface area (Å²) in [6.07, 6.45) is 6.15. The summed E-state index contributed by atoms with van der Waals surface area (Å²) in [7, 11) is 0. The van der Waals surface area contributed by atoms with Crippen LogP contribution in [0.1, 0.15) is 32.0 Å². The van der Waals surface area contributed by atoms with Gasteiger partial charge in [0.25, 0.3) is 0 Å². The van der Waals surface area contributed by atoms with Crippen LogP contribution in [0, 0.1) is 0 Å². The van der Waals surface area contributed by atoms with E-state index in [0.29, 0.717) is 0 Å². The number of hydrogen-bond donors (Lipinski definition) is 1. The molecule has 3 rings (SSSR count). The number of fused-ring (bicyclic) bond motifs is 3. The first-order valence-electron chi connectivity index (χ1n) is 7.78. The molecule has 0 aliphatic rings. The van der Waals surface area contributed by atoms with Gasteiger partial charge in [-0.2, -0.15) is 0 Å². The van der Waals surface area contributed by atoms with Crippen LogP contribution < -0.4 is 5.73 Å². The minimum absolute atomic E-state index is 0.748. The number of para-hydroxylation sites is 1.